The summed E-state index contributed by atoms with van der Waals surface area (Å²) < 4.78 is 12.0. The number of fused-ring (bicyclic) bond motifs is 4. The van der Waals surface area contributed by atoms with Crippen molar-refractivity contribution in [1.29, 1.82) is 0 Å². The molecular weight excluding hydrogens is 535 g/mol. The van der Waals surface area contributed by atoms with Gasteiger partial charge in [-0.15, -0.1) is 0 Å². The predicted octanol–water partition coefficient (Wildman–Crippen LogP) is 7.23. The van der Waals surface area contributed by atoms with Crippen LogP contribution in [0, 0.1) is 0 Å². The molecule has 1 unspecified atom stereocenters. The minimum Gasteiger partial charge on any atom is -0.492 e. The van der Waals surface area contributed by atoms with Gasteiger partial charge < -0.3 is 20.1 Å². The lowest BCUT2D eigenvalue weighted by Gasteiger charge is -2.21. The molecule has 0 saturated carbocycles. The minimum atomic E-state index is -0.622. The van der Waals surface area contributed by atoms with Gasteiger partial charge in [-0.2, -0.15) is 0 Å². The molecule has 8 heteroatoms. The summed E-state index contributed by atoms with van der Waals surface area (Å²) in [6, 6.07) is 22.6. The number of anilines is 2. The van der Waals surface area contributed by atoms with Crippen LogP contribution in [0.25, 0.3) is 11.1 Å². The van der Waals surface area contributed by atoms with Crippen LogP contribution in [0.15, 0.2) is 72.8 Å². The van der Waals surface area contributed by atoms with Crippen LogP contribution in [-0.4, -0.2) is 32.0 Å². The molecule has 196 valence electrons. The summed E-state index contributed by atoms with van der Waals surface area (Å²) in [5.41, 5.74) is 5.57. The highest BCUT2D eigenvalue weighted by Gasteiger charge is 2.49. The van der Waals surface area contributed by atoms with Crippen LogP contribution in [-0.2, 0) is 5.41 Å². The number of carbonyl (C=O) groups is 2. The van der Waals surface area contributed by atoms with Crippen LogP contribution in [0.2, 0.25) is 10.0 Å². The van der Waals surface area contributed by atoms with Crippen molar-refractivity contribution in [3.05, 3.63) is 105 Å². The van der Waals surface area contributed by atoms with E-state index in [0.717, 1.165) is 27.9 Å². The SMILES string of the molecule is CNc1ccc(-c2ccc(NC(=O)c3cc4c(cc3Cl)C3(COc5cc(C(C)=O)c(Cl)cc53)CO4)cc2)cc1. The highest BCUT2D eigenvalue weighted by molar-refractivity contribution is 6.35. The van der Waals surface area contributed by atoms with E-state index in [4.69, 9.17) is 32.7 Å². The number of rotatable bonds is 5. The first-order valence-corrected chi connectivity index (χ1v) is 13.2. The number of ketones is 1. The van der Waals surface area contributed by atoms with E-state index in [1.54, 1.807) is 24.3 Å². The molecule has 1 spiro atoms. The Labute approximate surface area is 235 Å². The van der Waals surface area contributed by atoms with Crippen molar-refractivity contribution < 1.29 is 19.1 Å². The zero-order valence-electron chi connectivity index (χ0n) is 21.2. The second-order valence-corrected chi connectivity index (χ2v) is 10.5. The molecule has 2 aliphatic heterocycles. The molecule has 2 aliphatic rings. The molecule has 2 heterocycles. The Morgan fingerprint density at radius 1 is 0.744 bits per heavy atom. The predicted molar refractivity (Wildman–Crippen MR) is 154 cm³/mol. The first-order valence-electron chi connectivity index (χ1n) is 12.4. The van der Waals surface area contributed by atoms with Gasteiger partial charge in [0.2, 0.25) is 0 Å². The van der Waals surface area contributed by atoms with Gasteiger partial charge in [0.1, 0.15) is 24.7 Å². The molecule has 4 aromatic rings. The van der Waals surface area contributed by atoms with Crippen LogP contribution in [0.3, 0.4) is 0 Å². The Bertz CT molecular complexity index is 1630. The maximum Gasteiger partial charge on any atom is 0.257 e. The summed E-state index contributed by atoms with van der Waals surface area (Å²) in [7, 11) is 1.88. The number of hydrogen-bond donors (Lipinski definition) is 2. The van der Waals surface area contributed by atoms with Crippen molar-refractivity contribution in [3.8, 4) is 22.6 Å². The fourth-order valence-corrected chi connectivity index (χ4v) is 5.76. The maximum absolute atomic E-state index is 13.2. The monoisotopic (exact) mass is 558 g/mol. The fraction of sp³-hybridized carbons (Fsp3) is 0.161. The Morgan fingerprint density at radius 2 is 1.23 bits per heavy atom. The van der Waals surface area contributed by atoms with Crippen LogP contribution >= 0.6 is 23.2 Å². The van der Waals surface area contributed by atoms with Crippen molar-refractivity contribution in [2.45, 2.75) is 12.3 Å². The van der Waals surface area contributed by atoms with Crippen LogP contribution in [0.5, 0.6) is 11.5 Å². The lowest BCUT2D eigenvalue weighted by atomic mass is 9.77. The third kappa shape index (κ3) is 4.30. The van der Waals surface area contributed by atoms with Gasteiger partial charge in [0.05, 0.1) is 21.0 Å². The number of nitrogens with one attached hydrogen (secondary N) is 2. The topological polar surface area (TPSA) is 76.7 Å². The Balaban J connectivity index is 1.25. The molecule has 6 nitrogen and oxygen atoms in total. The summed E-state index contributed by atoms with van der Waals surface area (Å²) in [4.78, 5) is 25.1. The summed E-state index contributed by atoms with van der Waals surface area (Å²) >= 11 is 13.1. The Kier molecular flexibility index (Phi) is 6.25. The van der Waals surface area contributed by atoms with E-state index in [2.05, 4.69) is 10.6 Å². The van der Waals surface area contributed by atoms with E-state index in [1.165, 1.54) is 6.92 Å². The summed E-state index contributed by atoms with van der Waals surface area (Å²) in [6.45, 7) is 2.10. The third-order valence-electron chi connectivity index (χ3n) is 7.39. The first kappa shape index (κ1) is 25.3. The molecule has 0 fully saturated rings. The molecule has 0 aromatic heterocycles. The van der Waals surface area contributed by atoms with E-state index in [-0.39, 0.29) is 11.7 Å². The number of Topliss-reactive ketones (excluding diaryl/α,β-unsaturated/α-hetero) is 1. The van der Waals surface area contributed by atoms with Gasteiger partial charge in [-0.1, -0.05) is 47.5 Å². The van der Waals surface area contributed by atoms with E-state index in [1.807, 2.05) is 55.6 Å². The second kappa shape index (κ2) is 9.63. The molecule has 4 aromatic carbocycles. The molecule has 39 heavy (non-hydrogen) atoms. The molecule has 1 amide bonds. The maximum atomic E-state index is 13.2. The van der Waals surface area contributed by atoms with Crippen molar-refractivity contribution in [2.75, 3.05) is 30.9 Å². The highest BCUT2D eigenvalue weighted by Crippen LogP contribution is 2.52. The molecule has 0 radical (unpaired) electrons. The number of amides is 1. The zero-order valence-corrected chi connectivity index (χ0v) is 22.7. The standard InChI is InChI=1S/C31H24Cl2N2O4/c1-17(36)22-11-28-24(13-26(22)32)31(15-38-28)16-39-29-12-23(27(33)14-25(29)31)30(37)35-21-9-5-19(6-10-21)18-3-7-20(34-2)8-4-18/h3-14,34H,15-16H2,1-2H3,(H,35,37). The van der Waals surface area contributed by atoms with Crippen molar-refractivity contribution >= 4 is 46.3 Å². The molecule has 0 bridgehead atoms. The van der Waals surface area contributed by atoms with Crippen molar-refractivity contribution in [3.63, 3.8) is 0 Å². The van der Waals surface area contributed by atoms with Gasteiger partial charge in [0.15, 0.2) is 5.78 Å². The zero-order chi connectivity index (χ0) is 27.3. The second-order valence-electron chi connectivity index (χ2n) is 9.73. The van der Waals surface area contributed by atoms with Crippen molar-refractivity contribution in [2.24, 2.45) is 0 Å². The van der Waals surface area contributed by atoms with Gasteiger partial charge in [-0.05, 0) is 66.6 Å². The highest BCUT2D eigenvalue weighted by atomic mass is 35.5. The normalized spacial score (nSPS) is 16.7. The van der Waals surface area contributed by atoms with Gasteiger partial charge in [0, 0.05) is 35.1 Å². The lowest BCUT2D eigenvalue weighted by molar-refractivity contribution is 0.101. The summed E-state index contributed by atoms with van der Waals surface area (Å²) in [6.07, 6.45) is 0. The number of hydrogen-bond acceptors (Lipinski definition) is 5. The fourth-order valence-electron chi connectivity index (χ4n) is 5.21. The Morgan fingerprint density at radius 3 is 1.74 bits per heavy atom. The number of halogens is 2. The molecule has 6 rings (SSSR count). The quantitative estimate of drug-likeness (QED) is 0.253. The van der Waals surface area contributed by atoms with E-state index in [9.17, 15) is 9.59 Å². The van der Waals surface area contributed by atoms with E-state index in [0.29, 0.717) is 51.6 Å². The first-order chi connectivity index (χ1) is 18.8. The van der Waals surface area contributed by atoms with E-state index >= 15 is 0 Å². The van der Waals surface area contributed by atoms with Gasteiger partial charge in [-0.25, -0.2) is 0 Å². The average Bonchev–Trinajstić information content (AvgIpc) is 3.48. The largest absolute Gasteiger partial charge is 0.492 e. The van der Waals surface area contributed by atoms with Crippen LogP contribution < -0.4 is 20.1 Å². The minimum absolute atomic E-state index is 0.132. The van der Waals surface area contributed by atoms with Gasteiger partial charge in [0.25, 0.3) is 5.91 Å². The van der Waals surface area contributed by atoms with Gasteiger partial charge >= 0.3 is 0 Å². The molecule has 0 saturated heterocycles. The number of ether oxygens (including phenoxy) is 2. The molecule has 1 atom stereocenters. The summed E-state index contributed by atoms with van der Waals surface area (Å²) in [5, 5.41) is 6.70. The third-order valence-corrected chi connectivity index (χ3v) is 8.02. The van der Waals surface area contributed by atoms with Crippen molar-refractivity contribution in [1.82, 2.24) is 0 Å². The summed E-state index contributed by atoms with van der Waals surface area (Å²) in [5.74, 6) is 0.691. The number of carbonyl (C=O) groups excluding carboxylic acids is 2. The molecule has 0 aliphatic carbocycles. The van der Waals surface area contributed by atoms with Gasteiger partial charge in [-0.3, -0.25) is 9.59 Å². The average molecular weight is 559 g/mol. The van der Waals surface area contributed by atoms with Crippen LogP contribution in [0.1, 0.15) is 38.8 Å². The molecular formula is C31H24Cl2N2O4. The smallest absolute Gasteiger partial charge is 0.257 e. The van der Waals surface area contributed by atoms with Crippen LogP contribution in [0.4, 0.5) is 11.4 Å². The Hall–Kier alpha value is -4.00. The number of benzene rings is 4. The van der Waals surface area contributed by atoms with E-state index < -0.39 is 5.41 Å². The molecule has 2 N–H and O–H groups in total. The lowest BCUT2D eigenvalue weighted by Crippen LogP contribution is -2.31.